The molecule has 0 unspecified atom stereocenters. The number of anilines is 1. The molecule has 0 aliphatic carbocycles. The molecule has 3 N–H and O–H groups in total. The number of piperidine rings is 1. The van der Waals surface area contributed by atoms with E-state index in [-0.39, 0.29) is 5.91 Å². The van der Waals surface area contributed by atoms with Crippen molar-refractivity contribution in [1.82, 2.24) is 25.2 Å². The number of carbonyl (C=O) groups excluding carboxylic acids is 2. The summed E-state index contributed by atoms with van der Waals surface area (Å²) in [7, 11) is 1.82. The molecule has 3 heterocycles. The van der Waals surface area contributed by atoms with E-state index in [0.29, 0.717) is 5.92 Å². The fourth-order valence-electron chi connectivity index (χ4n) is 2.62. The van der Waals surface area contributed by atoms with E-state index >= 15 is 0 Å². The Labute approximate surface area is 141 Å². The summed E-state index contributed by atoms with van der Waals surface area (Å²) in [5.74, 6) is 1.49. The smallest absolute Gasteiger partial charge is 0.219 e. The highest BCUT2D eigenvalue weighted by Gasteiger charge is 2.19. The van der Waals surface area contributed by atoms with Gasteiger partial charge in [0.1, 0.15) is 11.3 Å². The SMILES string of the molecule is CC(=O)N1CCC(CNC=O)CC1.CNc1cnc2[nH]ccc2n1. The van der Waals surface area contributed by atoms with Gasteiger partial charge in [-0.25, -0.2) is 9.97 Å². The Morgan fingerprint density at radius 2 is 2.21 bits per heavy atom. The summed E-state index contributed by atoms with van der Waals surface area (Å²) in [6, 6.07) is 1.89. The minimum Gasteiger partial charge on any atom is -0.372 e. The van der Waals surface area contributed by atoms with E-state index in [9.17, 15) is 9.59 Å². The van der Waals surface area contributed by atoms with Crippen molar-refractivity contribution in [1.29, 1.82) is 0 Å². The monoisotopic (exact) mass is 332 g/mol. The number of nitrogens with zero attached hydrogens (tertiary/aromatic N) is 3. The van der Waals surface area contributed by atoms with Crippen LogP contribution in [-0.2, 0) is 9.59 Å². The van der Waals surface area contributed by atoms with Crippen LogP contribution < -0.4 is 10.6 Å². The summed E-state index contributed by atoms with van der Waals surface area (Å²) in [6.07, 6.45) is 6.25. The zero-order chi connectivity index (χ0) is 17.4. The van der Waals surface area contributed by atoms with Gasteiger partial charge in [0.2, 0.25) is 12.3 Å². The second-order valence-corrected chi connectivity index (χ2v) is 5.69. The summed E-state index contributed by atoms with van der Waals surface area (Å²) in [5.41, 5.74) is 1.71. The number of hydrogen-bond acceptors (Lipinski definition) is 5. The van der Waals surface area contributed by atoms with Gasteiger partial charge in [-0.3, -0.25) is 9.59 Å². The Hall–Kier alpha value is -2.64. The summed E-state index contributed by atoms with van der Waals surface area (Å²) >= 11 is 0. The molecular weight excluding hydrogens is 308 g/mol. The number of aromatic nitrogens is 3. The molecule has 1 aliphatic heterocycles. The predicted octanol–water partition coefficient (Wildman–Crippen LogP) is 0.990. The third-order valence-corrected chi connectivity index (χ3v) is 4.07. The van der Waals surface area contributed by atoms with Crippen molar-refractivity contribution < 1.29 is 9.59 Å². The molecule has 130 valence electrons. The number of aromatic amines is 1. The molecule has 1 saturated heterocycles. The topological polar surface area (TPSA) is 103 Å². The maximum absolute atomic E-state index is 11.0. The molecule has 1 fully saturated rings. The molecule has 0 aromatic carbocycles. The largest absolute Gasteiger partial charge is 0.372 e. The van der Waals surface area contributed by atoms with Crippen molar-refractivity contribution in [2.75, 3.05) is 32.0 Å². The molecule has 0 bridgehead atoms. The van der Waals surface area contributed by atoms with Gasteiger partial charge in [0.15, 0.2) is 5.65 Å². The van der Waals surface area contributed by atoms with Crippen LogP contribution in [0.4, 0.5) is 5.82 Å². The van der Waals surface area contributed by atoms with E-state index in [4.69, 9.17) is 0 Å². The normalized spacial score (nSPS) is 14.7. The highest BCUT2D eigenvalue weighted by Crippen LogP contribution is 2.15. The van der Waals surface area contributed by atoms with E-state index < -0.39 is 0 Å². The lowest BCUT2D eigenvalue weighted by Crippen LogP contribution is -2.39. The van der Waals surface area contributed by atoms with Crippen molar-refractivity contribution in [3.8, 4) is 0 Å². The molecule has 24 heavy (non-hydrogen) atoms. The molecule has 8 nitrogen and oxygen atoms in total. The first-order valence-corrected chi connectivity index (χ1v) is 8.04. The van der Waals surface area contributed by atoms with E-state index in [1.54, 1.807) is 13.1 Å². The quantitative estimate of drug-likeness (QED) is 0.725. The van der Waals surface area contributed by atoms with Gasteiger partial charge in [-0.05, 0) is 24.8 Å². The fraction of sp³-hybridized carbons (Fsp3) is 0.500. The van der Waals surface area contributed by atoms with Crippen LogP contribution in [0.3, 0.4) is 0 Å². The van der Waals surface area contributed by atoms with Crippen molar-refractivity contribution in [3.05, 3.63) is 18.5 Å². The minimum atomic E-state index is 0.154. The maximum Gasteiger partial charge on any atom is 0.219 e. The van der Waals surface area contributed by atoms with Crippen molar-refractivity contribution in [2.45, 2.75) is 19.8 Å². The minimum absolute atomic E-state index is 0.154. The number of rotatable bonds is 4. The lowest BCUT2D eigenvalue weighted by atomic mass is 9.97. The van der Waals surface area contributed by atoms with Gasteiger partial charge in [-0.15, -0.1) is 0 Å². The molecule has 0 spiro atoms. The van der Waals surface area contributed by atoms with Gasteiger partial charge in [-0.1, -0.05) is 0 Å². The number of amides is 2. The van der Waals surface area contributed by atoms with E-state index in [1.807, 2.05) is 24.2 Å². The van der Waals surface area contributed by atoms with Crippen LogP contribution in [0.1, 0.15) is 19.8 Å². The molecule has 0 saturated carbocycles. The first-order valence-electron chi connectivity index (χ1n) is 8.04. The van der Waals surface area contributed by atoms with Gasteiger partial charge < -0.3 is 20.5 Å². The van der Waals surface area contributed by atoms with Gasteiger partial charge in [0, 0.05) is 39.8 Å². The molecule has 2 aromatic heterocycles. The van der Waals surface area contributed by atoms with Crippen LogP contribution in [0.15, 0.2) is 18.5 Å². The number of likely N-dealkylation sites (tertiary alicyclic amines) is 1. The van der Waals surface area contributed by atoms with E-state index in [2.05, 4.69) is 25.6 Å². The van der Waals surface area contributed by atoms with E-state index in [0.717, 1.165) is 55.9 Å². The summed E-state index contributed by atoms with van der Waals surface area (Å²) in [6.45, 7) is 4.01. The molecule has 0 radical (unpaired) electrons. The van der Waals surface area contributed by atoms with Crippen LogP contribution in [0.5, 0.6) is 0 Å². The van der Waals surface area contributed by atoms with Gasteiger partial charge in [0.25, 0.3) is 0 Å². The number of nitrogens with one attached hydrogen (secondary N) is 3. The standard InChI is InChI=1S/C9H16N2O2.C7H8N4/c1-8(13)11-4-2-9(3-5-11)6-10-7-12;1-8-6-4-10-7-5(11-6)2-3-9-7/h7,9H,2-6H2,1H3,(H,10,12);2-4H,1H3,(H,8,11)(H,9,10). The lowest BCUT2D eigenvalue weighted by molar-refractivity contribution is -0.130. The maximum atomic E-state index is 11.0. The third-order valence-electron chi connectivity index (χ3n) is 4.07. The zero-order valence-electron chi connectivity index (χ0n) is 14.1. The van der Waals surface area contributed by atoms with Crippen molar-refractivity contribution in [3.63, 3.8) is 0 Å². The summed E-state index contributed by atoms with van der Waals surface area (Å²) in [5, 5.41) is 5.60. The van der Waals surface area contributed by atoms with Crippen molar-refractivity contribution >= 4 is 29.3 Å². The van der Waals surface area contributed by atoms with Crippen LogP contribution in [0.2, 0.25) is 0 Å². The first-order chi connectivity index (χ1) is 11.6. The number of hydrogen-bond donors (Lipinski definition) is 3. The Kier molecular flexibility index (Phi) is 6.53. The number of fused-ring (bicyclic) bond motifs is 1. The molecular formula is C16H24N6O2. The van der Waals surface area contributed by atoms with Gasteiger partial charge in [0.05, 0.1) is 6.20 Å². The molecule has 2 amide bonds. The highest BCUT2D eigenvalue weighted by molar-refractivity contribution is 5.73. The second kappa shape index (κ2) is 8.85. The fourth-order valence-corrected chi connectivity index (χ4v) is 2.62. The zero-order valence-corrected chi connectivity index (χ0v) is 14.1. The number of H-pyrrole nitrogens is 1. The van der Waals surface area contributed by atoms with Crippen LogP contribution in [0.25, 0.3) is 11.2 Å². The Morgan fingerprint density at radius 1 is 1.46 bits per heavy atom. The second-order valence-electron chi connectivity index (χ2n) is 5.69. The molecule has 0 atom stereocenters. The van der Waals surface area contributed by atoms with Crippen molar-refractivity contribution in [2.24, 2.45) is 5.92 Å². The average Bonchev–Trinajstić information content (AvgIpc) is 3.08. The molecule has 8 heteroatoms. The highest BCUT2D eigenvalue weighted by atomic mass is 16.2. The third kappa shape index (κ3) is 4.94. The molecule has 1 aliphatic rings. The lowest BCUT2D eigenvalue weighted by Gasteiger charge is -2.30. The Morgan fingerprint density at radius 3 is 2.83 bits per heavy atom. The van der Waals surface area contributed by atoms with Crippen LogP contribution in [0, 0.1) is 5.92 Å². The predicted molar refractivity (Wildman–Crippen MR) is 92.5 cm³/mol. The number of carbonyl (C=O) groups is 2. The Balaban J connectivity index is 0.000000175. The molecule has 3 rings (SSSR count). The van der Waals surface area contributed by atoms with Crippen LogP contribution in [-0.4, -0.2) is 58.9 Å². The van der Waals surface area contributed by atoms with E-state index in [1.165, 1.54) is 0 Å². The summed E-state index contributed by atoms with van der Waals surface area (Å²) < 4.78 is 0. The summed E-state index contributed by atoms with van der Waals surface area (Å²) in [4.78, 5) is 34.2. The molecule has 2 aromatic rings. The van der Waals surface area contributed by atoms with Gasteiger partial charge in [-0.2, -0.15) is 0 Å². The first kappa shape index (κ1) is 17.7. The van der Waals surface area contributed by atoms with Gasteiger partial charge >= 0.3 is 0 Å². The average molecular weight is 332 g/mol. The van der Waals surface area contributed by atoms with Crippen LogP contribution >= 0.6 is 0 Å². The Bertz CT molecular complexity index is 663.